The van der Waals surface area contributed by atoms with E-state index in [9.17, 15) is 28.0 Å². The van der Waals surface area contributed by atoms with Gasteiger partial charge in [-0.2, -0.15) is 0 Å². The molecule has 1 N–H and O–H groups in total. The molecule has 0 aromatic heterocycles. The normalized spacial score (nSPS) is 20.2. The van der Waals surface area contributed by atoms with Gasteiger partial charge in [-0.05, 0) is 57.2 Å². The second-order valence-corrected chi connectivity index (χ2v) is 14.8. The molecule has 4 amide bonds. The highest BCUT2D eigenvalue weighted by molar-refractivity contribution is 5.92. The fourth-order valence-corrected chi connectivity index (χ4v) is 6.14. The monoisotopic (exact) mass is 686 g/mol. The predicted molar refractivity (Wildman–Crippen MR) is 177 cm³/mol. The van der Waals surface area contributed by atoms with Crippen molar-refractivity contribution in [1.82, 2.24) is 20.0 Å². The van der Waals surface area contributed by atoms with Crippen molar-refractivity contribution in [3.63, 3.8) is 0 Å². The van der Waals surface area contributed by atoms with Crippen LogP contribution in [0.3, 0.4) is 0 Å². The Morgan fingerprint density at radius 3 is 2.27 bits per heavy atom. The maximum atomic E-state index is 14.4. The number of nitrogens with zero attached hydrogens (tertiary/aromatic N) is 3. The molecule has 268 valence electrons. The lowest BCUT2D eigenvalue weighted by Crippen LogP contribution is -2.60. The van der Waals surface area contributed by atoms with Crippen LogP contribution in [0, 0.1) is 23.0 Å². The summed E-state index contributed by atoms with van der Waals surface area (Å²) in [6.07, 6.45) is -0.755. The summed E-state index contributed by atoms with van der Waals surface area (Å²) in [5.41, 5.74) is -0.672. The number of benzene rings is 2. The Kier molecular flexibility index (Phi) is 11.4. The van der Waals surface area contributed by atoms with Crippen molar-refractivity contribution in [1.29, 1.82) is 0 Å². The lowest BCUT2D eigenvalue weighted by atomic mass is 9.85. The maximum Gasteiger partial charge on any atom is 0.410 e. The third-order valence-corrected chi connectivity index (χ3v) is 8.85. The average molecular weight is 687 g/mol. The minimum absolute atomic E-state index is 0.00272. The van der Waals surface area contributed by atoms with Crippen LogP contribution in [0.15, 0.2) is 48.5 Å². The number of hydrogen-bond acceptors (Lipinski definition) is 7. The molecule has 2 fully saturated rings. The van der Waals surface area contributed by atoms with Crippen molar-refractivity contribution in [3.05, 3.63) is 65.7 Å². The summed E-state index contributed by atoms with van der Waals surface area (Å²) in [5.74, 6) is -3.25. The molecule has 0 saturated carbocycles. The Morgan fingerprint density at radius 2 is 1.65 bits per heavy atom. The Hall–Kier alpha value is -4.42. The summed E-state index contributed by atoms with van der Waals surface area (Å²) in [4.78, 5) is 58.4. The van der Waals surface area contributed by atoms with Gasteiger partial charge in [-0.1, -0.05) is 51.1 Å². The third kappa shape index (κ3) is 9.18. The zero-order valence-electron chi connectivity index (χ0n) is 29.5. The highest BCUT2D eigenvalue weighted by Gasteiger charge is 2.54. The molecule has 49 heavy (non-hydrogen) atoms. The molecule has 0 bridgehead atoms. The average Bonchev–Trinajstić information content (AvgIpc) is 3.62. The Balaban J connectivity index is 1.55. The number of nitrogens with one attached hydrogen (secondary N) is 1. The number of carbonyl (C=O) groups is 4. The van der Waals surface area contributed by atoms with E-state index in [0.29, 0.717) is 13.0 Å². The third-order valence-electron chi connectivity index (χ3n) is 8.85. The van der Waals surface area contributed by atoms with E-state index in [-0.39, 0.29) is 31.4 Å². The van der Waals surface area contributed by atoms with Crippen LogP contribution in [0.1, 0.15) is 60.5 Å². The van der Waals surface area contributed by atoms with E-state index < -0.39 is 70.8 Å². The van der Waals surface area contributed by atoms with Gasteiger partial charge >= 0.3 is 12.2 Å². The number of amides is 4. The first kappa shape index (κ1) is 37.4. The standard InChI is InChI=1S/C36H48F2N4O7/c1-22(40(8)33(45)49-36(5,6)7)31(43)39-30(35(2,3)4)32(44)41-17-16-28-29(41)24(21-47-25-14-15-26(37)27(38)18-25)19-42(28)34(46)48-20-23-12-10-9-11-13-23/h9-15,18,22,24,28-30H,16-17,19-21H2,1-8H3,(H,39,43)/t22-,24+,28+,29+,30?/m0/s1. The van der Waals surface area contributed by atoms with E-state index >= 15 is 0 Å². The summed E-state index contributed by atoms with van der Waals surface area (Å²) >= 11 is 0. The van der Waals surface area contributed by atoms with E-state index in [0.717, 1.165) is 17.7 Å². The number of ether oxygens (including phenoxy) is 3. The van der Waals surface area contributed by atoms with Crippen molar-refractivity contribution in [3.8, 4) is 5.75 Å². The van der Waals surface area contributed by atoms with Gasteiger partial charge in [-0.3, -0.25) is 14.5 Å². The van der Waals surface area contributed by atoms with Crippen LogP contribution in [-0.4, -0.2) is 95.2 Å². The lowest BCUT2D eigenvalue weighted by molar-refractivity contribution is -0.141. The van der Waals surface area contributed by atoms with E-state index in [4.69, 9.17) is 14.2 Å². The molecule has 2 saturated heterocycles. The first-order chi connectivity index (χ1) is 22.9. The van der Waals surface area contributed by atoms with Gasteiger partial charge in [0, 0.05) is 32.1 Å². The number of fused-ring (bicyclic) bond motifs is 1. The molecular weight excluding hydrogens is 638 g/mol. The van der Waals surface area contributed by atoms with Crippen LogP contribution >= 0.6 is 0 Å². The molecule has 2 heterocycles. The van der Waals surface area contributed by atoms with Gasteiger partial charge in [0.1, 0.15) is 30.0 Å². The smallest absolute Gasteiger partial charge is 0.410 e. The van der Waals surface area contributed by atoms with Gasteiger partial charge < -0.3 is 29.3 Å². The number of likely N-dealkylation sites (tertiary alicyclic amines) is 2. The highest BCUT2D eigenvalue weighted by Crippen LogP contribution is 2.38. The zero-order valence-corrected chi connectivity index (χ0v) is 29.5. The molecule has 13 heteroatoms. The molecule has 4 rings (SSSR count). The minimum atomic E-state index is -1.05. The molecule has 2 aromatic carbocycles. The largest absolute Gasteiger partial charge is 0.493 e. The Labute approximate surface area is 286 Å². The van der Waals surface area contributed by atoms with E-state index in [1.807, 2.05) is 51.1 Å². The maximum absolute atomic E-state index is 14.4. The molecule has 1 unspecified atom stereocenters. The molecule has 0 spiro atoms. The SMILES string of the molecule is C[C@@H](C(=O)NC(C(=O)N1CC[C@@H]2[C@H]1[C@@H](COc1ccc(F)c(F)c1)CN2C(=O)OCc1ccccc1)C(C)(C)C)N(C)C(=O)OC(C)(C)C. The van der Waals surface area contributed by atoms with Gasteiger partial charge in [0.05, 0.1) is 18.7 Å². The van der Waals surface area contributed by atoms with Gasteiger partial charge in [-0.15, -0.1) is 0 Å². The Morgan fingerprint density at radius 1 is 0.980 bits per heavy atom. The summed E-state index contributed by atoms with van der Waals surface area (Å²) in [7, 11) is 1.46. The number of carbonyl (C=O) groups excluding carboxylic acids is 4. The molecule has 2 aliphatic rings. The molecule has 2 aromatic rings. The van der Waals surface area contributed by atoms with Crippen LogP contribution < -0.4 is 10.1 Å². The second kappa shape index (κ2) is 15.0. The Bertz CT molecular complexity index is 1510. The summed E-state index contributed by atoms with van der Waals surface area (Å²) in [6, 6.07) is 9.65. The number of rotatable bonds is 9. The van der Waals surface area contributed by atoms with Crippen molar-refractivity contribution in [2.24, 2.45) is 11.3 Å². The van der Waals surface area contributed by atoms with E-state index in [2.05, 4.69) is 5.32 Å². The molecule has 2 aliphatic heterocycles. The fraction of sp³-hybridized carbons (Fsp3) is 0.556. The number of hydrogen-bond donors (Lipinski definition) is 1. The topological polar surface area (TPSA) is 118 Å². The van der Waals surface area contributed by atoms with Crippen molar-refractivity contribution >= 4 is 24.0 Å². The predicted octanol–water partition coefficient (Wildman–Crippen LogP) is 5.37. The quantitative estimate of drug-likeness (QED) is 0.377. The van der Waals surface area contributed by atoms with Crippen LogP contribution in [0.4, 0.5) is 18.4 Å². The highest BCUT2D eigenvalue weighted by atomic mass is 19.2. The molecule has 5 atom stereocenters. The van der Waals surface area contributed by atoms with Gasteiger partial charge in [0.2, 0.25) is 11.8 Å². The van der Waals surface area contributed by atoms with E-state index in [1.54, 1.807) is 37.5 Å². The van der Waals surface area contributed by atoms with Crippen LogP contribution in [0.5, 0.6) is 5.75 Å². The summed E-state index contributed by atoms with van der Waals surface area (Å²) in [6.45, 7) is 12.8. The fourth-order valence-electron chi connectivity index (χ4n) is 6.14. The van der Waals surface area contributed by atoms with Crippen molar-refractivity contribution in [2.45, 2.75) is 91.3 Å². The molecule has 0 aliphatic carbocycles. The van der Waals surface area contributed by atoms with Crippen LogP contribution in [-0.2, 0) is 25.7 Å². The summed E-state index contributed by atoms with van der Waals surface area (Å²) < 4.78 is 44.5. The second-order valence-electron chi connectivity index (χ2n) is 14.8. The van der Waals surface area contributed by atoms with Crippen molar-refractivity contribution < 1.29 is 42.2 Å². The first-order valence-electron chi connectivity index (χ1n) is 16.5. The molecule has 0 radical (unpaired) electrons. The summed E-state index contributed by atoms with van der Waals surface area (Å²) in [5, 5.41) is 2.88. The van der Waals surface area contributed by atoms with Gasteiger partial charge in [-0.25, -0.2) is 18.4 Å². The minimum Gasteiger partial charge on any atom is -0.493 e. The molecular formula is C36H48F2N4O7. The van der Waals surface area contributed by atoms with Crippen LogP contribution in [0.25, 0.3) is 0 Å². The van der Waals surface area contributed by atoms with Crippen molar-refractivity contribution in [2.75, 3.05) is 26.7 Å². The zero-order chi connectivity index (χ0) is 36.3. The van der Waals surface area contributed by atoms with E-state index in [1.165, 1.54) is 18.0 Å². The van der Waals surface area contributed by atoms with Gasteiger partial charge in [0.25, 0.3) is 0 Å². The van der Waals surface area contributed by atoms with Crippen LogP contribution in [0.2, 0.25) is 0 Å². The number of halogens is 2. The molecule has 11 nitrogen and oxygen atoms in total. The lowest BCUT2D eigenvalue weighted by Gasteiger charge is -2.38. The number of likely N-dealkylation sites (N-methyl/N-ethyl adjacent to an activating group) is 1. The first-order valence-corrected chi connectivity index (χ1v) is 16.5. The van der Waals surface area contributed by atoms with Gasteiger partial charge in [0.15, 0.2) is 11.6 Å².